The van der Waals surface area contributed by atoms with Gasteiger partial charge in [-0.15, -0.1) is 0 Å². The van der Waals surface area contributed by atoms with Crippen molar-refractivity contribution in [2.75, 3.05) is 0 Å². The van der Waals surface area contributed by atoms with Gasteiger partial charge >= 0.3 is 6.03 Å². The molecule has 1 aliphatic rings. The average molecular weight is 331 g/mol. The Hall–Kier alpha value is -2.04. The van der Waals surface area contributed by atoms with Gasteiger partial charge in [-0.3, -0.25) is 4.79 Å². The Morgan fingerprint density at radius 1 is 1.04 bits per heavy atom. The van der Waals surface area contributed by atoms with Crippen LogP contribution in [0.5, 0.6) is 0 Å². The number of benzene rings is 1. The van der Waals surface area contributed by atoms with Gasteiger partial charge < -0.3 is 16.0 Å². The maximum atomic E-state index is 12.2. The van der Waals surface area contributed by atoms with Crippen LogP contribution < -0.4 is 16.0 Å². The van der Waals surface area contributed by atoms with E-state index in [1.165, 1.54) is 0 Å². The van der Waals surface area contributed by atoms with Crippen molar-refractivity contribution in [1.29, 1.82) is 0 Å². The average Bonchev–Trinajstić information content (AvgIpc) is 2.55. The largest absolute Gasteiger partial charge is 0.351 e. The van der Waals surface area contributed by atoms with Crippen LogP contribution in [0.4, 0.5) is 4.79 Å². The lowest BCUT2D eigenvalue weighted by atomic mass is 9.90. The molecule has 132 valence electrons. The molecule has 1 aliphatic carbocycles. The minimum atomic E-state index is -0.172. The Morgan fingerprint density at radius 2 is 1.67 bits per heavy atom. The van der Waals surface area contributed by atoms with Crippen LogP contribution >= 0.6 is 0 Å². The number of nitrogens with one attached hydrogen (secondary N) is 3. The van der Waals surface area contributed by atoms with Gasteiger partial charge in [0.05, 0.1) is 6.04 Å². The highest BCUT2D eigenvalue weighted by Crippen LogP contribution is 2.19. The predicted molar refractivity (Wildman–Crippen MR) is 95.5 cm³/mol. The lowest BCUT2D eigenvalue weighted by Crippen LogP contribution is -2.55. The second-order valence-corrected chi connectivity index (χ2v) is 6.98. The third-order valence-electron chi connectivity index (χ3n) is 4.32. The summed E-state index contributed by atoms with van der Waals surface area (Å²) in [5.74, 6) is 0.419. The minimum absolute atomic E-state index is 0.00522. The number of amides is 3. The van der Waals surface area contributed by atoms with Crippen molar-refractivity contribution in [3.05, 3.63) is 35.9 Å². The Kier molecular flexibility index (Phi) is 7.09. The van der Waals surface area contributed by atoms with Crippen molar-refractivity contribution in [2.45, 2.75) is 64.6 Å². The van der Waals surface area contributed by atoms with Gasteiger partial charge in [0.25, 0.3) is 0 Å². The topological polar surface area (TPSA) is 70.2 Å². The molecule has 0 saturated heterocycles. The van der Waals surface area contributed by atoms with Crippen LogP contribution in [0.1, 0.15) is 51.5 Å². The number of hydrogen-bond acceptors (Lipinski definition) is 2. The van der Waals surface area contributed by atoms with E-state index in [-0.39, 0.29) is 24.0 Å². The summed E-state index contributed by atoms with van der Waals surface area (Å²) in [6, 6.07) is 9.70. The van der Waals surface area contributed by atoms with E-state index < -0.39 is 0 Å². The molecule has 2 rings (SSSR count). The van der Waals surface area contributed by atoms with Crippen molar-refractivity contribution < 1.29 is 9.59 Å². The third-order valence-corrected chi connectivity index (χ3v) is 4.32. The number of urea groups is 1. The predicted octanol–water partition coefficient (Wildman–Crippen LogP) is 2.96. The van der Waals surface area contributed by atoms with Crippen LogP contribution in [0.25, 0.3) is 0 Å². The summed E-state index contributed by atoms with van der Waals surface area (Å²) in [6.45, 7) is 4.57. The van der Waals surface area contributed by atoms with E-state index in [1.54, 1.807) is 0 Å². The van der Waals surface area contributed by atoms with Crippen molar-refractivity contribution in [3.8, 4) is 0 Å². The van der Waals surface area contributed by atoms with E-state index in [1.807, 2.05) is 44.2 Å². The zero-order valence-corrected chi connectivity index (χ0v) is 14.7. The first-order valence-corrected chi connectivity index (χ1v) is 8.92. The molecule has 5 heteroatoms. The van der Waals surface area contributed by atoms with Gasteiger partial charge in [0, 0.05) is 19.0 Å². The molecular formula is C19H29N3O2. The maximum Gasteiger partial charge on any atom is 0.315 e. The number of rotatable bonds is 6. The maximum absolute atomic E-state index is 12.2. The minimum Gasteiger partial charge on any atom is -0.351 e. The molecule has 3 N–H and O–H groups in total. The Morgan fingerprint density at radius 3 is 2.29 bits per heavy atom. The van der Waals surface area contributed by atoms with Gasteiger partial charge in [-0.2, -0.15) is 0 Å². The van der Waals surface area contributed by atoms with Crippen LogP contribution in [0.3, 0.4) is 0 Å². The lowest BCUT2D eigenvalue weighted by molar-refractivity contribution is -0.122. The van der Waals surface area contributed by atoms with Crippen LogP contribution in [0.2, 0.25) is 0 Å². The van der Waals surface area contributed by atoms with E-state index in [9.17, 15) is 9.59 Å². The molecule has 1 aromatic carbocycles. The first kappa shape index (κ1) is 18.3. The smallest absolute Gasteiger partial charge is 0.315 e. The molecule has 0 bridgehead atoms. The number of hydrogen-bond donors (Lipinski definition) is 3. The summed E-state index contributed by atoms with van der Waals surface area (Å²) in [5, 5.41) is 9.02. The quantitative estimate of drug-likeness (QED) is 0.750. The second kappa shape index (κ2) is 9.30. The fourth-order valence-electron chi connectivity index (χ4n) is 3.11. The molecule has 0 heterocycles. The van der Waals surface area contributed by atoms with Crippen LogP contribution in [0.15, 0.2) is 30.3 Å². The fourth-order valence-corrected chi connectivity index (χ4v) is 3.11. The fraction of sp³-hybridized carbons (Fsp3) is 0.579. The molecule has 3 amide bonds. The summed E-state index contributed by atoms with van der Waals surface area (Å²) in [6.07, 6.45) is 4.54. The molecule has 0 aromatic heterocycles. The van der Waals surface area contributed by atoms with Crippen molar-refractivity contribution in [3.63, 3.8) is 0 Å². The molecule has 1 aromatic rings. The van der Waals surface area contributed by atoms with Gasteiger partial charge in [0.1, 0.15) is 0 Å². The van der Waals surface area contributed by atoms with Crippen LogP contribution in [-0.4, -0.2) is 24.0 Å². The van der Waals surface area contributed by atoms with Crippen LogP contribution in [0, 0.1) is 5.92 Å². The van der Waals surface area contributed by atoms with E-state index >= 15 is 0 Å². The Bertz CT molecular complexity index is 531. The SMILES string of the molecule is CC(C)CC(=O)NC1CCCCC1NC(=O)NCc1ccccc1. The second-order valence-electron chi connectivity index (χ2n) is 6.98. The molecule has 1 saturated carbocycles. The number of carbonyl (C=O) groups excluding carboxylic acids is 2. The first-order valence-electron chi connectivity index (χ1n) is 8.92. The monoisotopic (exact) mass is 331 g/mol. The Balaban J connectivity index is 1.81. The van der Waals surface area contributed by atoms with Gasteiger partial charge in [-0.05, 0) is 24.3 Å². The summed E-state index contributed by atoms with van der Waals surface area (Å²) < 4.78 is 0. The highest BCUT2D eigenvalue weighted by molar-refractivity contribution is 5.77. The van der Waals surface area contributed by atoms with Gasteiger partial charge in [0.2, 0.25) is 5.91 Å². The number of carbonyl (C=O) groups is 2. The zero-order valence-electron chi connectivity index (χ0n) is 14.7. The van der Waals surface area contributed by atoms with E-state index in [0.29, 0.717) is 18.9 Å². The summed E-state index contributed by atoms with van der Waals surface area (Å²) in [5.41, 5.74) is 1.07. The van der Waals surface area contributed by atoms with E-state index in [2.05, 4.69) is 16.0 Å². The van der Waals surface area contributed by atoms with Gasteiger partial charge in [-0.1, -0.05) is 57.0 Å². The summed E-state index contributed by atoms with van der Waals surface area (Å²) >= 11 is 0. The van der Waals surface area contributed by atoms with Crippen molar-refractivity contribution >= 4 is 11.9 Å². The lowest BCUT2D eigenvalue weighted by Gasteiger charge is -2.33. The van der Waals surface area contributed by atoms with E-state index in [0.717, 1.165) is 31.2 Å². The molecule has 0 radical (unpaired) electrons. The van der Waals surface area contributed by atoms with Crippen molar-refractivity contribution in [2.24, 2.45) is 5.92 Å². The Labute approximate surface area is 144 Å². The van der Waals surface area contributed by atoms with Crippen molar-refractivity contribution in [1.82, 2.24) is 16.0 Å². The molecular weight excluding hydrogens is 302 g/mol. The molecule has 2 atom stereocenters. The molecule has 24 heavy (non-hydrogen) atoms. The molecule has 0 aliphatic heterocycles. The first-order chi connectivity index (χ1) is 11.5. The third kappa shape index (κ3) is 6.22. The van der Waals surface area contributed by atoms with Gasteiger partial charge in [0.15, 0.2) is 0 Å². The zero-order chi connectivity index (χ0) is 17.4. The molecule has 5 nitrogen and oxygen atoms in total. The van der Waals surface area contributed by atoms with Crippen LogP contribution in [-0.2, 0) is 11.3 Å². The molecule has 0 spiro atoms. The normalized spacial score (nSPS) is 20.5. The van der Waals surface area contributed by atoms with E-state index in [4.69, 9.17) is 0 Å². The standard InChI is InChI=1S/C19H29N3O2/c1-14(2)12-18(23)21-16-10-6-7-11-17(16)22-19(24)20-13-15-8-4-3-5-9-15/h3-5,8-9,14,16-17H,6-7,10-13H2,1-2H3,(H,21,23)(H2,20,22,24). The summed E-state index contributed by atoms with van der Waals surface area (Å²) in [4.78, 5) is 24.2. The van der Waals surface area contributed by atoms with Gasteiger partial charge in [-0.25, -0.2) is 4.79 Å². The highest BCUT2D eigenvalue weighted by Gasteiger charge is 2.27. The highest BCUT2D eigenvalue weighted by atomic mass is 16.2. The summed E-state index contributed by atoms with van der Waals surface area (Å²) in [7, 11) is 0. The molecule has 2 unspecified atom stereocenters. The molecule has 1 fully saturated rings.